The molecule has 120 valence electrons. The summed E-state index contributed by atoms with van der Waals surface area (Å²) in [4.78, 5) is 0.0543. The molecule has 0 radical (unpaired) electrons. The van der Waals surface area contributed by atoms with Crippen LogP contribution >= 0.6 is 11.6 Å². The molecule has 5 nitrogen and oxygen atoms in total. The van der Waals surface area contributed by atoms with Crippen molar-refractivity contribution < 1.29 is 13.7 Å². The standard InChI is InChI=1S/C16H16ClN3O2S/c1-11(18)10-16(20-14-6-4-13(17)5-7-14)12-2-8-15(9-3-12)23(19,21)22/h2-10,18,20H,1H3,(H2,19,21,22)/p+1/b16-10-,18-11?. The van der Waals surface area contributed by atoms with Crippen molar-refractivity contribution in [2.75, 3.05) is 0 Å². The fourth-order valence-electron chi connectivity index (χ4n) is 2.02. The van der Waals surface area contributed by atoms with Crippen molar-refractivity contribution >= 4 is 38.7 Å². The van der Waals surface area contributed by atoms with Gasteiger partial charge in [0.1, 0.15) is 11.4 Å². The molecule has 0 saturated heterocycles. The third kappa shape index (κ3) is 5.01. The SMILES string of the molecule is CC(=N)/C=C(\[NH2+]c1ccc(Cl)cc1)c1ccc(S(N)(=O)=O)cc1. The lowest BCUT2D eigenvalue weighted by Crippen LogP contribution is -2.74. The molecule has 0 saturated carbocycles. The molecular weight excluding hydrogens is 334 g/mol. The summed E-state index contributed by atoms with van der Waals surface area (Å²) in [5.74, 6) is 0. The molecule has 0 aliphatic carbocycles. The second kappa shape index (κ2) is 7.06. The third-order valence-electron chi connectivity index (χ3n) is 3.08. The number of hydrogen-bond donors (Lipinski definition) is 3. The van der Waals surface area contributed by atoms with Crippen LogP contribution in [-0.2, 0) is 10.0 Å². The molecule has 0 atom stereocenters. The van der Waals surface area contributed by atoms with E-state index in [0.717, 1.165) is 16.9 Å². The minimum Gasteiger partial charge on any atom is -0.305 e. The average Bonchev–Trinajstić information content (AvgIpc) is 2.48. The lowest BCUT2D eigenvalue weighted by Gasteiger charge is -2.07. The Kier molecular flexibility index (Phi) is 5.33. The van der Waals surface area contributed by atoms with Gasteiger partial charge in [0, 0.05) is 34.5 Å². The van der Waals surface area contributed by atoms with Crippen molar-refractivity contribution in [2.45, 2.75) is 11.8 Å². The van der Waals surface area contributed by atoms with E-state index in [9.17, 15) is 8.42 Å². The number of nitrogens with one attached hydrogen (secondary N) is 1. The first kappa shape index (κ1) is 17.4. The van der Waals surface area contributed by atoms with Gasteiger partial charge in [0.25, 0.3) is 0 Å². The Labute approximate surface area is 140 Å². The van der Waals surface area contributed by atoms with Gasteiger partial charge in [0.05, 0.1) is 4.90 Å². The Hall–Kier alpha value is -1.99. The molecule has 0 aliphatic rings. The van der Waals surface area contributed by atoms with Crippen LogP contribution in [0.2, 0.25) is 5.02 Å². The van der Waals surface area contributed by atoms with E-state index >= 15 is 0 Å². The fraction of sp³-hybridized carbons (Fsp3) is 0.0625. The molecule has 23 heavy (non-hydrogen) atoms. The Bertz CT molecular complexity index is 842. The van der Waals surface area contributed by atoms with Crippen molar-refractivity contribution in [1.29, 1.82) is 5.41 Å². The zero-order chi connectivity index (χ0) is 17.0. The van der Waals surface area contributed by atoms with Gasteiger partial charge in [0.2, 0.25) is 10.0 Å². The van der Waals surface area contributed by atoms with Crippen LogP contribution in [0.4, 0.5) is 5.69 Å². The predicted molar refractivity (Wildman–Crippen MR) is 92.2 cm³/mol. The van der Waals surface area contributed by atoms with Gasteiger partial charge in [-0.1, -0.05) is 11.6 Å². The van der Waals surface area contributed by atoms with E-state index in [2.05, 4.69) is 0 Å². The number of primary sulfonamides is 1. The highest BCUT2D eigenvalue weighted by Crippen LogP contribution is 2.15. The molecule has 0 fully saturated rings. The van der Waals surface area contributed by atoms with Gasteiger partial charge in [-0.3, -0.25) is 5.32 Å². The average molecular weight is 351 g/mol. The molecule has 0 aliphatic heterocycles. The molecule has 2 rings (SSSR count). The van der Waals surface area contributed by atoms with Crippen molar-refractivity contribution in [1.82, 2.24) is 0 Å². The molecule has 0 heterocycles. The van der Waals surface area contributed by atoms with E-state index in [1.54, 1.807) is 37.3 Å². The number of sulfonamides is 1. The van der Waals surface area contributed by atoms with Crippen LogP contribution < -0.4 is 10.5 Å². The Morgan fingerprint density at radius 3 is 2.17 bits per heavy atom. The molecular formula is C16H17ClN3O2S+. The molecule has 5 N–H and O–H groups in total. The molecule has 0 aromatic heterocycles. The summed E-state index contributed by atoms with van der Waals surface area (Å²) < 4.78 is 22.6. The van der Waals surface area contributed by atoms with Gasteiger partial charge >= 0.3 is 0 Å². The molecule has 2 aromatic carbocycles. The number of hydrogen-bond acceptors (Lipinski definition) is 3. The Morgan fingerprint density at radius 1 is 1.13 bits per heavy atom. The summed E-state index contributed by atoms with van der Waals surface area (Å²) in [6.45, 7) is 1.68. The molecule has 0 unspecified atom stereocenters. The lowest BCUT2D eigenvalue weighted by atomic mass is 10.1. The maximum atomic E-state index is 11.3. The van der Waals surface area contributed by atoms with Gasteiger partial charge in [-0.15, -0.1) is 0 Å². The van der Waals surface area contributed by atoms with Gasteiger partial charge in [-0.2, -0.15) is 0 Å². The topological polar surface area (TPSA) is 101 Å². The van der Waals surface area contributed by atoms with Crippen LogP contribution in [0.1, 0.15) is 12.5 Å². The second-order valence-corrected chi connectivity index (χ2v) is 7.05. The van der Waals surface area contributed by atoms with E-state index in [4.69, 9.17) is 22.1 Å². The van der Waals surface area contributed by atoms with Crippen LogP contribution in [0.3, 0.4) is 0 Å². The quantitative estimate of drug-likeness (QED) is 0.569. The summed E-state index contributed by atoms with van der Waals surface area (Å²) in [6, 6.07) is 13.5. The minimum atomic E-state index is -3.72. The number of nitrogens with two attached hydrogens (primary N) is 2. The zero-order valence-electron chi connectivity index (χ0n) is 12.5. The molecule has 0 bridgehead atoms. The fourth-order valence-corrected chi connectivity index (χ4v) is 2.66. The zero-order valence-corrected chi connectivity index (χ0v) is 14.0. The maximum Gasteiger partial charge on any atom is 0.238 e. The van der Waals surface area contributed by atoms with Gasteiger partial charge < -0.3 is 5.41 Å². The van der Waals surface area contributed by atoms with Gasteiger partial charge in [-0.25, -0.2) is 13.6 Å². The third-order valence-corrected chi connectivity index (χ3v) is 4.26. The number of halogens is 1. The predicted octanol–water partition coefficient (Wildman–Crippen LogP) is 2.26. The van der Waals surface area contributed by atoms with Crippen molar-refractivity contribution in [3.05, 3.63) is 65.2 Å². The summed E-state index contributed by atoms with van der Waals surface area (Å²) in [5.41, 5.74) is 2.90. The number of allylic oxidation sites excluding steroid dienone is 1. The van der Waals surface area contributed by atoms with E-state index in [1.807, 2.05) is 17.4 Å². The summed E-state index contributed by atoms with van der Waals surface area (Å²) >= 11 is 5.88. The van der Waals surface area contributed by atoms with E-state index < -0.39 is 10.0 Å². The molecule has 7 heteroatoms. The van der Waals surface area contributed by atoms with Crippen LogP contribution in [0, 0.1) is 5.41 Å². The molecule has 0 spiro atoms. The van der Waals surface area contributed by atoms with E-state index in [-0.39, 0.29) is 4.90 Å². The first-order valence-corrected chi connectivity index (χ1v) is 8.68. The monoisotopic (exact) mass is 350 g/mol. The highest BCUT2D eigenvalue weighted by molar-refractivity contribution is 7.89. The first-order chi connectivity index (χ1) is 10.8. The summed E-state index contributed by atoms with van der Waals surface area (Å²) in [5, 5.41) is 15.3. The smallest absolute Gasteiger partial charge is 0.238 e. The molecule has 2 aromatic rings. The van der Waals surface area contributed by atoms with Crippen LogP contribution in [-0.4, -0.2) is 14.1 Å². The summed E-state index contributed by atoms with van der Waals surface area (Å²) in [6.07, 6.45) is 1.71. The van der Waals surface area contributed by atoms with Crippen molar-refractivity contribution in [3.8, 4) is 0 Å². The minimum absolute atomic E-state index is 0.0543. The van der Waals surface area contributed by atoms with Gasteiger partial charge in [-0.05, 0) is 43.3 Å². The second-order valence-electron chi connectivity index (χ2n) is 5.05. The first-order valence-electron chi connectivity index (χ1n) is 6.76. The Morgan fingerprint density at radius 2 is 1.70 bits per heavy atom. The van der Waals surface area contributed by atoms with E-state index in [0.29, 0.717) is 10.7 Å². The highest BCUT2D eigenvalue weighted by atomic mass is 35.5. The normalized spacial score (nSPS) is 12.2. The number of quaternary nitrogens is 1. The number of rotatable bonds is 5. The van der Waals surface area contributed by atoms with E-state index in [1.165, 1.54) is 12.1 Å². The van der Waals surface area contributed by atoms with Crippen molar-refractivity contribution in [2.24, 2.45) is 5.14 Å². The lowest BCUT2D eigenvalue weighted by molar-refractivity contribution is -0.469. The van der Waals surface area contributed by atoms with Crippen molar-refractivity contribution in [3.63, 3.8) is 0 Å². The molecule has 0 amide bonds. The summed E-state index contributed by atoms with van der Waals surface area (Å²) in [7, 11) is -3.72. The Balaban J connectivity index is 2.36. The van der Waals surface area contributed by atoms with Crippen LogP contribution in [0.25, 0.3) is 5.70 Å². The number of benzene rings is 2. The van der Waals surface area contributed by atoms with Gasteiger partial charge in [0.15, 0.2) is 0 Å². The largest absolute Gasteiger partial charge is 0.305 e. The highest BCUT2D eigenvalue weighted by Gasteiger charge is 2.12. The van der Waals surface area contributed by atoms with Crippen LogP contribution in [0.5, 0.6) is 0 Å². The maximum absolute atomic E-state index is 11.3. The van der Waals surface area contributed by atoms with Crippen LogP contribution in [0.15, 0.2) is 59.5 Å².